The highest BCUT2D eigenvalue weighted by atomic mass is 16.4. The van der Waals surface area contributed by atoms with Crippen LogP contribution in [0.4, 0.5) is 0 Å². The highest BCUT2D eigenvalue weighted by Gasteiger charge is 2.38. The third-order valence-electron chi connectivity index (χ3n) is 3.23. The Labute approximate surface area is 88.4 Å². The van der Waals surface area contributed by atoms with E-state index in [0.717, 1.165) is 25.9 Å². The van der Waals surface area contributed by atoms with Gasteiger partial charge in [0.2, 0.25) is 5.91 Å². The summed E-state index contributed by atoms with van der Waals surface area (Å²) in [5.41, 5.74) is 0. The number of hydrogen-bond acceptors (Lipinski definition) is 3. The highest BCUT2D eigenvalue weighted by molar-refractivity contribution is 5.82. The van der Waals surface area contributed by atoms with E-state index < -0.39 is 5.97 Å². The number of likely N-dealkylation sites (tertiary alicyclic amines) is 1. The molecule has 0 aliphatic carbocycles. The zero-order valence-corrected chi connectivity index (χ0v) is 8.61. The summed E-state index contributed by atoms with van der Waals surface area (Å²) < 4.78 is 0. The Balaban J connectivity index is 1.80. The van der Waals surface area contributed by atoms with Crippen LogP contribution in [0.25, 0.3) is 0 Å². The van der Waals surface area contributed by atoms with Gasteiger partial charge in [-0.15, -0.1) is 0 Å². The summed E-state index contributed by atoms with van der Waals surface area (Å²) in [6.07, 6.45) is 1.76. The lowest BCUT2D eigenvalue weighted by molar-refractivity contribution is -0.154. The zero-order chi connectivity index (χ0) is 10.8. The molecule has 0 spiro atoms. The average molecular weight is 212 g/mol. The van der Waals surface area contributed by atoms with Crippen LogP contribution in [0.3, 0.4) is 0 Å². The monoisotopic (exact) mass is 212 g/mol. The molecule has 0 saturated carbocycles. The van der Waals surface area contributed by atoms with Crippen molar-refractivity contribution in [2.75, 3.05) is 26.2 Å². The maximum absolute atomic E-state index is 11.9. The van der Waals surface area contributed by atoms with E-state index in [1.165, 1.54) is 0 Å². The summed E-state index contributed by atoms with van der Waals surface area (Å²) >= 11 is 0. The summed E-state index contributed by atoms with van der Waals surface area (Å²) in [6, 6.07) is 0. The van der Waals surface area contributed by atoms with Crippen LogP contribution in [-0.4, -0.2) is 48.1 Å². The van der Waals surface area contributed by atoms with E-state index in [0.29, 0.717) is 13.1 Å². The number of rotatable bonds is 2. The van der Waals surface area contributed by atoms with Crippen LogP contribution in [-0.2, 0) is 9.59 Å². The minimum atomic E-state index is -0.788. The number of piperidine rings is 1. The summed E-state index contributed by atoms with van der Waals surface area (Å²) in [7, 11) is 0. The molecule has 2 heterocycles. The van der Waals surface area contributed by atoms with E-state index in [9.17, 15) is 9.59 Å². The van der Waals surface area contributed by atoms with Crippen molar-refractivity contribution in [1.29, 1.82) is 0 Å². The number of carboxylic acid groups (broad SMARTS) is 1. The fourth-order valence-electron chi connectivity index (χ4n) is 2.14. The summed E-state index contributed by atoms with van der Waals surface area (Å²) in [4.78, 5) is 24.1. The van der Waals surface area contributed by atoms with Crippen molar-refractivity contribution in [2.45, 2.75) is 12.8 Å². The first-order chi connectivity index (χ1) is 7.18. The van der Waals surface area contributed by atoms with Crippen molar-refractivity contribution in [3.8, 4) is 0 Å². The maximum Gasteiger partial charge on any atom is 0.310 e. The second-order valence-corrected chi connectivity index (χ2v) is 4.30. The molecule has 15 heavy (non-hydrogen) atoms. The number of carbonyl (C=O) groups excluding carboxylic acids is 1. The summed E-state index contributed by atoms with van der Waals surface area (Å²) in [6.45, 7) is 2.59. The molecular formula is C10H16N2O3. The van der Waals surface area contributed by atoms with Gasteiger partial charge in [0, 0.05) is 19.0 Å². The van der Waals surface area contributed by atoms with E-state index in [1.807, 2.05) is 0 Å². The van der Waals surface area contributed by atoms with Crippen molar-refractivity contribution in [3.63, 3.8) is 0 Å². The standard InChI is InChI=1S/C10H16N2O3/c13-9(7-1-3-11-4-2-7)12-5-8(6-12)10(14)15/h7-8,11H,1-6H2,(H,14,15). The van der Waals surface area contributed by atoms with E-state index in [1.54, 1.807) is 4.90 Å². The van der Waals surface area contributed by atoms with Crippen LogP contribution >= 0.6 is 0 Å². The van der Waals surface area contributed by atoms with E-state index in [2.05, 4.69) is 5.32 Å². The number of amides is 1. The summed E-state index contributed by atoms with van der Waals surface area (Å²) in [5.74, 6) is -0.866. The van der Waals surface area contributed by atoms with Gasteiger partial charge in [-0.3, -0.25) is 9.59 Å². The molecule has 0 aromatic rings. The summed E-state index contributed by atoms with van der Waals surface area (Å²) in [5, 5.41) is 11.9. The van der Waals surface area contributed by atoms with Gasteiger partial charge in [0.1, 0.15) is 0 Å². The van der Waals surface area contributed by atoms with Gasteiger partial charge in [0.05, 0.1) is 5.92 Å². The molecule has 0 radical (unpaired) electrons. The Morgan fingerprint density at radius 1 is 1.13 bits per heavy atom. The topological polar surface area (TPSA) is 69.6 Å². The number of hydrogen-bond donors (Lipinski definition) is 2. The van der Waals surface area contributed by atoms with Crippen LogP contribution in [0, 0.1) is 11.8 Å². The smallest absolute Gasteiger partial charge is 0.310 e. The average Bonchev–Trinajstić information content (AvgIpc) is 2.16. The molecule has 0 unspecified atom stereocenters. The van der Waals surface area contributed by atoms with Crippen molar-refractivity contribution in [2.24, 2.45) is 11.8 Å². The molecule has 5 heteroatoms. The van der Waals surface area contributed by atoms with Crippen LogP contribution in [0.15, 0.2) is 0 Å². The Bertz CT molecular complexity index is 268. The molecule has 2 saturated heterocycles. The number of aliphatic carboxylic acids is 1. The third kappa shape index (κ3) is 2.12. The molecule has 0 atom stereocenters. The van der Waals surface area contributed by atoms with Crippen LogP contribution in [0.5, 0.6) is 0 Å². The second-order valence-electron chi connectivity index (χ2n) is 4.30. The SMILES string of the molecule is O=C(O)C1CN(C(=O)C2CCNCC2)C1. The second kappa shape index (κ2) is 4.18. The lowest BCUT2D eigenvalue weighted by Gasteiger charge is -2.39. The lowest BCUT2D eigenvalue weighted by Crippen LogP contribution is -2.55. The normalized spacial score (nSPS) is 23.6. The predicted molar refractivity (Wildman–Crippen MR) is 53.3 cm³/mol. The zero-order valence-electron chi connectivity index (χ0n) is 8.61. The molecule has 0 bridgehead atoms. The van der Waals surface area contributed by atoms with Crippen molar-refractivity contribution in [1.82, 2.24) is 10.2 Å². The molecular weight excluding hydrogens is 196 g/mol. The first-order valence-electron chi connectivity index (χ1n) is 5.41. The van der Waals surface area contributed by atoms with Crippen LogP contribution in [0.2, 0.25) is 0 Å². The van der Waals surface area contributed by atoms with E-state index in [4.69, 9.17) is 5.11 Å². The molecule has 0 aromatic carbocycles. The highest BCUT2D eigenvalue weighted by Crippen LogP contribution is 2.22. The third-order valence-corrected chi connectivity index (χ3v) is 3.23. The maximum atomic E-state index is 11.9. The molecule has 84 valence electrons. The first-order valence-corrected chi connectivity index (χ1v) is 5.41. The fourth-order valence-corrected chi connectivity index (χ4v) is 2.14. The van der Waals surface area contributed by atoms with Gasteiger partial charge < -0.3 is 15.3 Å². The molecule has 2 rings (SSSR count). The number of nitrogens with one attached hydrogen (secondary N) is 1. The molecule has 2 N–H and O–H groups in total. The minimum absolute atomic E-state index is 0.112. The van der Waals surface area contributed by atoms with Gasteiger partial charge in [-0.1, -0.05) is 0 Å². The van der Waals surface area contributed by atoms with Gasteiger partial charge in [-0.25, -0.2) is 0 Å². The Morgan fingerprint density at radius 3 is 2.27 bits per heavy atom. The van der Waals surface area contributed by atoms with Gasteiger partial charge in [-0.2, -0.15) is 0 Å². The van der Waals surface area contributed by atoms with Gasteiger partial charge in [-0.05, 0) is 25.9 Å². The van der Waals surface area contributed by atoms with Gasteiger partial charge >= 0.3 is 5.97 Å². The molecule has 1 amide bonds. The largest absolute Gasteiger partial charge is 0.481 e. The first kappa shape index (κ1) is 10.4. The van der Waals surface area contributed by atoms with Gasteiger partial charge in [0.25, 0.3) is 0 Å². The number of nitrogens with zero attached hydrogens (tertiary/aromatic N) is 1. The quantitative estimate of drug-likeness (QED) is 0.649. The van der Waals surface area contributed by atoms with E-state index >= 15 is 0 Å². The van der Waals surface area contributed by atoms with Crippen molar-refractivity contribution < 1.29 is 14.7 Å². The van der Waals surface area contributed by atoms with Gasteiger partial charge in [0.15, 0.2) is 0 Å². The Kier molecular flexibility index (Phi) is 2.90. The van der Waals surface area contributed by atoms with Crippen molar-refractivity contribution in [3.05, 3.63) is 0 Å². The van der Waals surface area contributed by atoms with Crippen molar-refractivity contribution >= 4 is 11.9 Å². The number of carbonyl (C=O) groups is 2. The molecule has 2 fully saturated rings. The molecule has 5 nitrogen and oxygen atoms in total. The molecule has 2 aliphatic heterocycles. The fraction of sp³-hybridized carbons (Fsp3) is 0.800. The molecule has 0 aromatic heterocycles. The Morgan fingerprint density at radius 2 is 1.73 bits per heavy atom. The van der Waals surface area contributed by atoms with Crippen LogP contribution in [0.1, 0.15) is 12.8 Å². The number of carboxylic acids is 1. The van der Waals surface area contributed by atoms with Crippen LogP contribution < -0.4 is 5.32 Å². The lowest BCUT2D eigenvalue weighted by atomic mass is 9.92. The molecule has 2 aliphatic rings. The Hall–Kier alpha value is -1.10. The van der Waals surface area contributed by atoms with E-state index in [-0.39, 0.29) is 17.7 Å². The predicted octanol–water partition coefficient (Wildman–Crippen LogP) is -0.471. The minimum Gasteiger partial charge on any atom is -0.481 e.